The molecule has 17 heavy (non-hydrogen) atoms. The normalized spacial score (nSPS) is 15.5. The monoisotopic (exact) mass is 247 g/mol. The molecule has 0 radical (unpaired) electrons. The van der Waals surface area contributed by atoms with Crippen LogP contribution in [0.15, 0.2) is 18.2 Å². The van der Waals surface area contributed by atoms with E-state index in [2.05, 4.69) is 5.32 Å². The van der Waals surface area contributed by atoms with Crippen LogP contribution < -0.4 is 5.32 Å². The Hall–Kier alpha value is -1.23. The second-order valence-electron chi connectivity index (χ2n) is 4.20. The molecule has 0 aliphatic rings. The summed E-state index contributed by atoms with van der Waals surface area (Å²) in [6.07, 6.45) is -4.99. The Bertz CT molecular complexity index is 388. The third-order valence-corrected chi connectivity index (χ3v) is 2.66. The Morgan fingerprint density at radius 3 is 2.29 bits per heavy atom. The van der Waals surface area contributed by atoms with Crippen molar-refractivity contribution in [3.63, 3.8) is 0 Å². The van der Waals surface area contributed by atoms with Crippen molar-refractivity contribution in [1.82, 2.24) is 0 Å². The van der Waals surface area contributed by atoms with Gasteiger partial charge in [-0.05, 0) is 38.5 Å². The lowest BCUT2D eigenvalue weighted by Crippen LogP contribution is -2.28. The Morgan fingerprint density at radius 2 is 1.82 bits per heavy atom. The van der Waals surface area contributed by atoms with E-state index in [0.717, 1.165) is 6.07 Å². The molecule has 0 heterocycles. The third-order valence-electron chi connectivity index (χ3n) is 2.66. The molecular formula is C12H16F3NO. The summed E-state index contributed by atoms with van der Waals surface area (Å²) in [7, 11) is 0. The lowest BCUT2D eigenvalue weighted by atomic mass is 10.1. The molecule has 0 saturated heterocycles. The summed E-state index contributed by atoms with van der Waals surface area (Å²) >= 11 is 0. The highest BCUT2D eigenvalue weighted by atomic mass is 19.4. The van der Waals surface area contributed by atoms with Gasteiger partial charge in [-0.3, -0.25) is 0 Å². The number of hydrogen-bond acceptors (Lipinski definition) is 2. The van der Waals surface area contributed by atoms with Crippen LogP contribution in [0.5, 0.6) is 0 Å². The third kappa shape index (κ3) is 3.63. The quantitative estimate of drug-likeness (QED) is 0.859. The number of halogens is 3. The molecule has 2 N–H and O–H groups in total. The first-order valence-corrected chi connectivity index (χ1v) is 5.34. The zero-order valence-electron chi connectivity index (χ0n) is 9.97. The summed E-state index contributed by atoms with van der Waals surface area (Å²) in [5, 5.41) is 12.1. The van der Waals surface area contributed by atoms with E-state index in [0.29, 0.717) is 5.69 Å². The van der Waals surface area contributed by atoms with E-state index in [1.54, 1.807) is 19.9 Å². The molecule has 0 amide bonds. The zero-order valence-corrected chi connectivity index (χ0v) is 9.97. The van der Waals surface area contributed by atoms with Crippen LogP contribution in [0.3, 0.4) is 0 Å². The molecule has 96 valence electrons. The van der Waals surface area contributed by atoms with Crippen molar-refractivity contribution >= 4 is 5.69 Å². The van der Waals surface area contributed by atoms with Crippen LogP contribution in [0.2, 0.25) is 0 Å². The number of aliphatic hydroxyl groups excluding tert-OH is 1. The minimum atomic E-state index is -4.35. The predicted octanol–water partition coefficient (Wildman–Crippen LogP) is 3.20. The highest BCUT2D eigenvalue weighted by molar-refractivity contribution is 5.50. The van der Waals surface area contributed by atoms with Crippen LogP contribution in [0.4, 0.5) is 18.9 Å². The van der Waals surface area contributed by atoms with Gasteiger partial charge in [0.15, 0.2) is 0 Å². The maximum absolute atomic E-state index is 12.6. The van der Waals surface area contributed by atoms with Crippen LogP contribution in [0.1, 0.15) is 25.0 Å². The Labute approximate surface area is 98.5 Å². The summed E-state index contributed by atoms with van der Waals surface area (Å²) in [6.45, 7) is 4.71. The van der Waals surface area contributed by atoms with E-state index in [4.69, 9.17) is 0 Å². The van der Waals surface area contributed by atoms with Gasteiger partial charge in [0.25, 0.3) is 0 Å². The fourth-order valence-electron chi connectivity index (χ4n) is 1.40. The van der Waals surface area contributed by atoms with E-state index in [9.17, 15) is 18.3 Å². The molecule has 0 spiro atoms. The fourth-order valence-corrected chi connectivity index (χ4v) is 1.40. The van der Waals surface area contributed by atoms with Gasteiger partial charge in [0.2, 0.25) is 0 Å². The van der Waals surface area contributed by atoms with Gasteiger partial charge < -0.3 is 10.4 Å². The molecule has 0 aliphatic carbocycles. The summed E-state index contributed by atoms with van der Waals surface area (Å²) in [5.41, 5.74) is -0.107. The minimum absolute atomic E-state index is 0.188. The van der Waals surface area contributed by atoms with Crippen molar-refractivity contribution in [2.24, 2.45) is 0 Å². The molecule has 1 rings (SSSR count). The number of anilines is 1. The van der Waals surface area contributed by atoms with Crippen molar-refractivity contribution < 1.29 is 18.3 Å². The molecular weight excluding hydrogens is 231 g/mol. The predicted molar refractivity (Wildman–Crippen MR) is 60.9 cm³/mol. The fraction of sp³-hybridized carbons (Fsp3) is 0.500. The largest absolute Gasteiger partial charge is 0.416 e. The minimum Gasteiger partial charge on any atom is -0.391 e. The average molecular weight is 247 g/mol. The van der Waals surface area contributed by atoms with Crippen LogP contribution in [-0.2, 0) is 6.18 Å². The number of aliphatic hydroxyl groups is 1. The molecule has 5 heteroatoms. The highest BCUT2D eigenvalue weighted by Gasteiger charge is 2.32. The molecule has 2 atom stereocenters. The van der Waals surface area contributed by atoms with Gasteiger partial charge in [-0.1, -0.05) is 6.07 Å². The van der Waals surface area contributed by atoms with Crippen molar-refractivity contribution in [2.45, 2.75) is 39.1 Å². The summed E-state index contributed by atoms with van der Waals surface area (Å²) in [5.74, 6) is 0. The van der Waals surface area contributed by atoms with Crippen molar-refractivity contribution in [3.05, 3.63) is 29.3 Å². The van der Waals surface area contributed by atoms with Gasteiger partial charge in [-0.2, -0.15) is 13.2 Å². The first-order chi connectivity index (χ1) is 7.71. The molecule has 2 nitrogen and oxygen atoms in total. The highest BCUT2D eigenvalue weighted by Crippen LogP contribution is 2.33. The smallest absolute Gasteiger partial charge is 0.391 e. The number of benzene rings is 1. The Kier molecular flexibility index (Phi) is 4.03. The molecule has 1 aromatic carbocycles. The molecule has 0 bridgehead atoms. The number of aryl methyl sites for hydroxylation is 1. The second-order valence-corrected chi connectivity index (χ2v) is 4.20. The summed E-state index contributed by atoms with van der Waals surface area (Å²) in [4.78, 5) is 0. The van der Waals surface area contributed by atoms with Crippen molar-refractivity contribution in [2.75, 3.05) is 5.32 Å². The Balaban J connectivity index is 2.97. The average Bonchev–Trinajstić information content (AvgIpc) is 2.19. The van der Waals surface area contributed by atoms with Crippen LogP contribution in [-0.4, -0.2) is 17.3 Å². The van der Waals surface area contributed by atoms with Crippen molar-refractivity contribution in [3.8, 4) is 0 Å². The number of alkyl halides is 3. The van der Waals surface area contributed by atoms with E-state index in [1.807, 2.05) is 0 Å². The zero-order chi connectivity index (χ0) is 13.2. The van der Waals surface area contributed by atoms with Gasteiger partial charge in [0.05, 0.1) is 11.7 Å². The SMILES string of the molecule is Cc1ccc(NC(C)C(C)O)cc1C(F)(F)F. The molecule has 0 aromatic heterocycles. The van der Waals surface area contributed by atoms with Gasteiger partial charge >= 0.3 is 6.18 Å². The van der Waals surface area contributed by atoms with E-state index in [1.165, 1.54) is 13.0 Å². The summed E-state index contributed by atoms with van der Waals surface area (Å²) < 4.78 is 37.9. The first kappa shape index (κ1) is 13.8. The van der Waals surface area contributed by atoms with Crippen LogP contribution in [0, 0.1) is 6.92 Å². The molecule has 2 unspecified atom stereocenters. The van der Waals surface area contributed by atoms with Crippen LogP contribution in [0.25, 0.3) is 0 Å². The topological polar surface area (TPSA) is 32.3 Å². The van der Waals surface area contributed by atoms with Crippen LogP contribution >= 0.6 is 0 Å². The number of hydrogen-bond donors (Lipinski definition) is 2. The van der Waals surface area contributed by atoms with E-state index >= 15 is 0 Å². The Morgan fingerprint density at radius 1 is 1.24 bits per heavy atom. The molecule has 0 saturated carbocycles. The van der Waals surface area contributed by atoms with Gasteiger partial charge in [0, 0.05) is 11.7 Å². The number of rotatable bonds is 3. The van der Waals surface area contributed by atoms with Gasteiger partial charge in [-0.15, -0.1) is 0 Å². The molecule has 0 fully saturated rings. The maximum atomic E-state index is 12.6. The van der Waals surface area contributed by atoms with E-state index < -0.39 is 17.8 Å². The molecule has 0 aliphatic heterocycles. The lowest BCUT2D eigenvalue weighted by Gasteiger charge is -2.19. The standard InChI is InChI=1S/C12H16F3NO/c1-7-4-5-10(16-8(2)9(3)17)6-11(7)12(13,14)15/h4-6,8-9,16-17H,1-3H3. The summed E-state index contributed by atoms with van der Waals surface area (Å²) in [6, 6.07) is 3.75. The maximum Gasteiger partial charge on any atom is 0.416 e. The van der Waals surface area contributed by atoms with E-state index in [-0.39, 0.29) is 11.6 Å². The second kappa shape index (κ2) is 4.96. The van der Waals surface area contributed by atoms with Gasteiger partial charge in [-0.25, -0.2) is 0 Å². The van der Waals surface area contributed by atoms with Gasteiger partial charge in [0.1, 0.15) is 0 Å². The van der Waals surface area contributed by atoms with Crippen molar-refractivity contribution in [1.29, 1.82) is 0 Å². The number of nitrogens with one attached hydrogen (secondary N) is 1. The lowest BCUT2D eigenvalue weighted by molar-refractivity contribution is -0.138. The molecule has 1 aromatic rings. The first-order valence-electron chi connectivity index (χ1n) is 5.34.